The van der Waals surface area contributed by atoms with Gasteiger partial charge in [0.05, 0.1) is 23.1 Å². The van der Waals surface area contributed by atoms with E-state index < -0.39 is 4.92 Å². The fraction of sp³-hybridized carbons (Fsp3) is 0.0417. The van der Waals surface area contributed by atoms with E-state index in [9.17, 15) is 10.1 Å². The maximum atomic E-state index is 11.2. The smallest absolute Gasteiger partial charge is 0.270 e. The predicted molar refractivity (Wildman–Crippen MR) is 122 cm³/mol. The molecule has 2 aromatic heterocycles. The molecule has 32 heavy (non-hydrogen) atoms. The van der Waals surface area contributed by atoms with Gasteiger partial charge in [0.1, 0.15) is 11.4 Å². The normalized spacial score (nSPS) is 11.4. The quantitative estimate of drug-likeness (QED) is 0.291. The van der Waals surface area contributed by atoms with Crippen LogP contribution in [0.2, 0.25) is 0 Å². The van der Waals surface area contributed by atoms with Gasteiger partial charge in [-0.1, -0.05) is 42.5 Å². The van der Waals surface area contributed by atoms with Gasteiger partial charge in [-0.15, -0.1) is 10.2 Å². The van der Waals surface area contributed by atoms with E-state index in [-0.39, 0.29) is 5.69 Å². The van der Waals surface area contributed by atoms with Crippen molar-refractivity contribution in [3.05, 3.63) is 94.2 Å². The minimum Gasteiger partial charge on any atom is -0.497 e. The number of ether oxygens (including phenoxy) is 1. The molecule has 0 amide bonds. The van der Waals surface area contributed by atoms with Crippen LogP contribution in [-0.2, 0) is 0 Å². The van der Waals surface area contributed by atoms with E-state index in [2.05, 4.69) is 10.2 Å². The largest absolute Gasteiger partial charge is 0.497 e. The average Bonchev–Trinajstić information content (AvgIpc) is 3.29. The Morgan fingerprint density at radius 3 is 2.56 bits per heavy atom. The standard InChI is InChI=1S/C24H17N5O3/c1-32-19-12-9-16(10-13-19)11-14-21-24-27-26-23(17-5-4-6-18(15-17)29(30)31)28(24)22-8-3-2-7-20(22)25-21/h2-15H,1H3/b14-11+. The number of nitro groups is 1. The van der Waals surface area contributed by atoms with Crippen LogP contribution in [0, 0.1) is 10.1 Å². The lowest BCUT2D eigenvalue weighted by Crippen LogP contribution is -1.98. The first-order chi connectivity index (χ1) is 15.6. The molecule has 0 aliphatic rings. The van der Waals surface area contributed by atoms with Gasteiger partial charge in [0.15, 0.2) is 11.5 Å². The zero-order valence-corrected chi connectivity index (χ0v) is 17.0. The first-order valence-electron chi connectivity index (χ1n) is 9.85. The molecule has 0 spiro atoms. The summed E-state index contributed by atoms with van der Waals surface area (Å²) < 4.78 is 7.09. The molecule has 0 atom stereocenters. The lowest BCUT2D eigenvalue weighted by atomic mass is 10.1. The molecule has 8 heteroatoms. The first-order valence-corrected chi connectivity index (χ1v) is 9.85. The third kappa shape index (κ3) is 3.43. The second-order valence-corrected chi connectivity index (χ2v) is 7.08. The Labute approximate surface area is 182 Å². The SMILES string of the molecule is COc1ccc(/C=C/c2nc3ccccc3n3c(-c4cccc([N+](=O)[O-])c4)nnc23)cc1. The molecule has 0 saturated heterocycles. The minimum atomic E-state index is -0.421. The molecule has 0 unspecified atom stereocenters. The summed E-state index contributed by atoms with van der Waals surface area (Å²) in [4.78, 5) is 15.6. The number of methoxy groups -OCH3 is 1. The number of hydrogen-bond donors (Lipinski definition) is 0. The summed E-state index contributed by atoms with van der Waals surface area (Å²) in [6, 6.07) is 21.7. The van der Waals surface area contributed by atoms with Gasteiger partial charge in [0.25, 0.3) is 5.69 Å². The summed E-state index contributed by atoms with van der Waals surface area (Å²) >= 11 is 0. The highest BCUT2D eigenvalue weighted by Crippen LogP contribution is 2.27. The maximum Gasteiger partial charge on any atom is 0.270 e. The fourth-order valence-electron chi connectivity index (χ4n) is 3.55. The molecule has 5 rings (SSSR count). The van der Waals surface area contributed by atoms with E-state index in [1.54, 1.807) is 19.2 Å². The number of nitro benzene ring substituents is 1. The molecule has 0 aliphatic heterocycles. The van der Waals surface area contributed by atoms with Gasteiger partial charge < -0.3 is 4.74 Å². The molecule has 0 bridgehead atoms. The Bertz CT molecular complexity index is 1490. The molecule has 3 aromatic carbocycles. The zero-order valence-electron chi connectivity index (χ0n) is 17.0. The van der Waals surface area contributed by atoms with Crippen molar-refractivity contribution >= 4 is 34.5 Å². The van der Waals surface area contributed by atoms with Gasteiger partial charge in [-0.25, -0.2) is 4.98 Å². The van der Waals surface area contributed by atoms with E-state index in [1.165, 1.54) is 12.1 Å². The van der Waals surface area contributed by atoms with E-state index >= 15 is 0 Å². The number of para-hydroxylation sites is 2. The molecule has 0 radical (unpaired) electrons. The van der Waals surface area contributed by atoms with Crippen LogP contribution < -0.4 is 4.74 Å². The molecule has 156 valence electrons. The number of fused-ring (bicyclic) bond motifs is 3. The van der Waals surface area contributed by atoms with Crippen molar-refractivity contribution in [2.24, 2.45) is 0 Å². The highest BCUT2D eigenvalue weighted by molar-refractivity contribution is 5.85. The molecule has 0 aliphatic carbocycles. The Balaban J connectivity index is 1.69. The molecule has 0 saturated carbocycles. The predicted octanol–water partition coefficient (Wildman–Crippen LogP) is 5.03. The molecule has 8 nitrogen and oxygen atoms in total. The van der Waals surface area contributed by atoms with Crippen LogP contribution in [0.15, 0.2) is 72.8 Å². The van der Waals surface area contributed by atoms with Gasteiger partial charge in [0, 0.05) is 17.7 Å². The maximum absolute atomic E-state index is 11.2. The number of hydrogen-bond acceptors (Lipinski definition) is 6. The van der Waals surface area contributed by atoms with Crippen LogP contribution in [0.4, 0.5) is 5.69 Å². The summed E-state index contributed by atoms with van der Waals surface area (Å²) in [5.41, 5.74) is 4.37. The monoisotopic (exact) mass is 423 g/mol. The molecular weight excluding hydrogens is 406 g/mol. The molecule has 0 fully saturated rings. The molecule has 0 N–H and O–H groups in total. The van der Waals surface area contributed by atoms with Crippen molar-refractivity contribution in [3.8, 4) is 17.1 Å². The number of non-ortho nitro benzene ring substituents is 1. The van der Waals surface area contributed by atoms with Crippen molar-refractivity contribution in [2.75, 3.05) is 7.11 Å². The van der Waals surface area contributed by atoms with E-state index in [0.29, 0.717) is 22.7 Å². The second kappa shape index (κ2) is 7.92. The number of rotatable bonds is 5. The fourth-order valence-corrected chi connectivity index (χ4v) is 3.55. The van der Waals surface area contributed by atoms with Crippen molar-refractivity contribution in [3.63, 3.8) is 0 Å². The third-order valence-electron chi connectivity index (χ3n) is 5.12. The Hall–Kier alpha value is -4.59. The van der Waals surface area contributed by atoms with Gasteiger partial charge >= 0.3 is 0 Å². The second-order valence-electron chi connectivity index (χ2n) is 7.08. The molecule has 5 aromatic rings. The van der Waals surface area contributed by atoms with Crippen LogP contribution in [0.1, 0.15) is 11.3 Å². The van der Waals surface area contributed by atoms with Crippen LogP contribution >= 0.6 is 0 Å². The van der Waals surface area contributed by atoms with Crippen molar-refractivity contribution in [1.29, 1.82) is 0 Å². The highest BCUT2D eigenvalue weighted by atomic mass is 16.6. The first kappa shape index (κ1) is 19.4. The molecular formula is C24H17N5O3. The summed E-state index contributed by atoms with van der Waals surface area (Å²) in [6.07, 6.45) is 3.83. The van der Waals surface area contributed by atoms with E-state index in [1.807, 2.05) is 65.1 Å². The van der Waals surface area contributed by atoms with Crippen molar-refractivity contribution < 1.29 is 9.66 Å². The van der Waals surface area contributed by atoms with Gasteiger partial charge in [0.2, 0.25) is 0 Å². The number of aromatic nitrogens is 4. The van der Waals surface area contributed by atoms with Crippen LogP contribution in [0.5, 0.6) is 5.75 Å². The summed E-state index contributed by atoms with van der Waals surface area (Å²) in [7, 11) is 1.63. The summed E-state index contributed by atoms with van der Waals surface area (Å²) in [5.74, 6) is 1.30. The minimum absolute atomic E-state index is 0.00256. The van der Waals surface area contributed by atoms with Crippen molar-refractivity contribution in [1.82, 2.24) is 19.6 Å². The van der Waals surface area contributed by atoms with E-state index in [0.717, 1.165) is 22.3 Å². The van der Waals surface area contributed by atoms with Crippen LogP contribution in [0.3, 0.4) is 0 Å². The lowest BCUT2D eigenvalue weighted by Gasteiger charge is -2.07. The Morgan fingerprint density at radius 2 is 1.78 bits per heavy atom. The van der Waals surface area contributed by atoms with Crippen LogP contribution in [-0.4, -0.2) is 31.6 Å². The van der Waals surface area contributed by atoms with Gasteiger partial charge in [-0.3, -0.25) is 14.5 Å². The average molecular weight is 423 g/mol. The Morgan fingerprint density at radius 1 is 0.969 bits per heavy atom. The van der Waals surface area contributed by atoms with E-state index in [4.69, 9.17) is 9.72 Å². The van der Waals surface area contributed by atoms with Crippen LogP contribution in [0.25, 0.3) is 40.2 Å². The number of nitrogens with zero attached hydrogens (tertiary/aromatic N) is 5. The number of benzene rings is 3. The zero-order chi connectivity index (χ0) is 22.1. The van der Waals surface area contributed by atoms with Gasteiger partial charge in [-0.2, -0.15) is 0 Å². The molecule has 2 heterocycles. The summed E-state index contributed by atoms with van der Waals surface area (Å²) in [5, 5.41) is 20.0. The highest BCUT2D eigenvalue weighted by Gasteiger charge is 2.17. The topological polar surface area (TPSA) is 95.5 Å². The van der Waals surface area contributed by atoms with Gasteiger partial charge in [-0.05, 0) is 35.9 Å². The lowest BCUT2D eigenvalue weighted by molar-refractivity contribution is -0.384. The summed E-state index contributed by atoms with van der Waals surface area (Å²) in [6.45, 7) is 0. The third-order valence-corrected chi connectivity index (χ3v) is 5.12. The van der Waals surface area contributed by atoms with Crippen molar-refractivity contribution in [2.45, 2.75) is 0 Å². The Kier molecular flexibility index (Phi) is 4.79.